The molecule has 1 rings (SSSR count). The maximum Gasteiger partial charge on any atom is 0.310 e. The molecule has 0 heterocycles. The number of nitrogens with zero attached hydrogens (tertiary/aromatic N) is 1. The maximum absolute atomic E-state index is 13.0. The minimum atomic E-state index is -0.812. The Morgan fingerprint density at radius 2 is 2.31 bits per heavy atom. The quantitative estimate of drug-likeness (QED) is 0.788. The minimum absolute atomic E-state index is 0.177. The molecule has 0 aromatic heterocycles. The van der Waals surface area contributed by atoms with Gasteiger partial charge >= 0.3 is 5.97 Å². The van der Waals surface area contributed by atoms with Gasteiger partial charge in [0.1, 0.15) is 23.2 Å². The third-order valence-electron chi connectivity index (χ3n) is 1.96. The normalized spacial score (nSPS) is 9.56. The van der Waals surface area contributed by atoms with Gasteiger partial charge in [-0.1, -0.05) is 6.07 Å². The number of aromatic hydroxyl groups is 1. The van der Waals surface area contributed by atoms with Gasteiger partial charge in [-0.3, -0.25) is 4.79 Å². The van der Waals surface area contributed by atoms with E-state index in [2.05, 4.69) is 4.74 Å². The van der Waals surface area contributed by atoms with E-state index in [1.54, 1.807) is 6.92 Å². The summed E-state index contributed by atoms with van der Waals surface area (Å²) in [5.74, 6) is -1.85. The number of hydrogen-bond donors (Lipinski definition) is 1. The van der Waals surface area contributed by atoms with Gasteiger partial charge in [0.15, 0.2) is 0 Å². The van der Waals surface area contributed by atoms with Crippen molar-refractivity contribution in [2.45, 2.75) is 13.3 Å². The number of nitriles is 1. The van der Waals surface area contributed by atoms with Crippen LogP contribution in [0.15, 0.2) is 12.1 Å². The third kappa shape index (κ3) is 2.48. The van der Waals surface area contributed by atoms with E-state index in [-0.39, 0.29) is 18.6 Å². The Morgan fingerprint density at radius 3 is 2.88 bits per heavy atom. The molecule has 84 valence electrons. The van der Waals surface area contributed by atoms with Crippen LogP contribution in [-0.4, -0.2) is 17.7 Å². The fraction of sp³-hybridized carbons (Fsp3) is 0.273. The Labute approximate surface area is 91.9 Å². The fourth-order valence-electron chi connectivity index (χ4n) is 1.23. The molecule has 0 amide bonds. The molecule has 0 spiro atoms. The maximum atomic E-state index is 13.0. The van der Waals surface area contributed by atoms with Crippen molar-refractivity contribution in [3.8, 4) is 11.8 Å². The van der Waals surface area contributed by atoms with Gasteiger partial charge in [0.2, 0.25) is 0 Å². The van der Waals surface area contributed by atoms with Crippen molar-refractivity contribution in [1.82, 2.24) is 0 Å². The number of phenolic OH excluding ortho intramolecular Hbond substituents is 1. The average molecular weight is 223 g/mol. The summed E-state index contributed by atoms with van der Waals surface area (Å²) in [5, 5.41) is 18.1. The summed E-state index contributed by atoms with van der Waals surface area (Å²) < 4.78 is 17.7. The van der Waals surface area contributed by atoms with Crippen LogP contribution in [0.3, 0.4) is 0 Å². The molecule has 0 aliphatic rings. The highest BCUT2D eigenvalue weighted by atomic mass is 19.1. The van der Waals surface area contributed by atoms with Crippen molar-refractivity contribution < 1.29 is 19.0 Å². The Kier molecular flexibility index (Phi) is 3.84. The zero-order valence-electron chi connectivity index (χ0n) is 8.66. The van der Waals surface area contributed by atoms with E-state index in [9.17, 15) is 14.3 Å². The summed E-state index contributed by atoms with van der Waals surface area (Å²) in [5.41, 5.74) is -0.279. The molecule has 0 unspecified atom stereocenters. The largest absolute Gasteiger partial charge is 0.506 e. The topological polar surface area (TPSA) is 70.3 Å². The second-order valence-electron chi connectivity index (χ2n) is 3.02. The van der Waals surface area contributed by atoms with Gasteiger partial charge in [0.05, 0.1) is 13.0 Å². The Hall–Kier alpha value is -2.09. The summed E-state index contributed by atoms with van der Waals surface area (Å²) in [7, 11) is 0. The summed E-state index contributed by atoms with van der Waals surface area (Å²) in [6.07, 6.45) is -0.186. The first-order valence-electron chi connectivity index (χ1n) is 4.66. The Balaban J connectivity index is 2.99. The van der Waals surface area contributed by atoms with Crippen LogP contribution in [-0.2, 0) is 16.0 Å². The number of carbonyl (C=O) groups is 1. The SMILES string of the molecule is CCOC(=O)Cc1ccc(F)c(C#N)c1O. The molecule has 0 bridgehead atoms. The van der Waals surface area contributed by atoms with Gasteiger partial charge in [-0.05, 0) is 13.0 Å². The van der Waals surface area contributed by atoms with Crippen LogP contribution in [0, 0.1) is 17.1 Å². The lowest BCUT2D eigenvalue weighted by atomic mass is 10.1. The molecule has 0 aliphatic heterocycles. The number of ether oxygens (including phenoxy) is 1. The molecule has 0 radical (unpaired) electrons. The van der Waals surface area contributed by atoms with Crippen molar-refractivity contribution in [3.05, 3.63) is 29.1 Å². The zero-order chi connectivity index (χ0) is 12.1. The fourth-order valence-corrected chi connectivity index (χ4v) is 1.23. The first kappa shape index (κ1) is 12.0. The molecular formula is C11H10FNO3. The van der Waals surface area contributed by atoms with Crippen molar-refractivity contribution in [1.29, 1.82) is 5.26 Å². The molecule has 0 saturated carbocycles. The Morgan fingerprint density at radius 1 is 1.62 bits per heavy atom. The molecule has 0 atom stereocenters. The third-order valence-corrected chi connectivity index (χ3v) is 1.96. The number of benzene rings is 1. The summed E-state index contributed by atoms with van der Waals surface area (Å²) >= 11 is 0. The lowest BCUT2D eigenvalue weighted by Gasteiger charge is -2.06. The van der Waals surface area contributed by atoms with Crippen LogP contribution >= 0.6 is 0 Å². The standard InChI is InChI=1S/C11H10FNO3/c1-2-16-10(14)5-7-3-4-9(12)8(6-13)11(7)15/h3-4,15H,2,5H2,1H3. The van der Waals surface area contributed by atoms with Gasteiger partial charge in [-0.25, -0.2) is 4.39 Å². The molecule has 5 heteroatoms. The predicted octanol–water partition coefficient (Wildman–Crippen LogP) is 1.51. The lowest BCUT2D eigenvalue weighted by molar-refractivity contribution is -0.142. The van der Waals surface area contributed by atoms with E-state index < -0.39 is 23.1 Å². The average Bonchev–Trinajstić information content (AvgIpc) is 2.23. The highest BCUT2D eigenvalue weighted by Crippen LogP contribution is 2.25. The minimum Gasteiger partial charge on any atom is -0.506 e. The summed E-state index contributed by atoms with van der Waals surface area (Å²) in [6, 6.07) is 3.82. The molecule has 1 N–H and O–H groups in total. The van der Waals surface area contributed by atoms with Crippen molar-refractivity contribution in [3.63, 3.8) is 0 Å². The van der Waals surface area contributed by atoms with E-state index in [4.69, 9.17) is 5.26 Å². The molecule has 0 fully saturated rings. The number of rotatable bonds is 3. The highest BCUT2D eigenvalue weighted by molar-refractivity contribution is 5.74. The van der Waals surface area contributed by atoms with Gasteiger partial charge in [0, 0.05) is 5.56 Å². The van der Waals surface area contributed by atoms with Crippen molar-refractivity contribution in [2.24, 2.45) is 0 Å². The van der Waals surface area contributed by atoms with Gasteiger partial charge in [0.25, 0.3) is 0 Å². The Bertz CT molecular complexity index is 451. The molecule has 1 aromatic carbocycles. The highest BCUT2D eigenvalue weighted by Gasteiger charge is 2.15. The van der Waals surface area contributed by atoms with Crippen molar-refractivity contribution in [2.75, 3.05) is 6.61 Å². The van der Waals surface area contributed by atoms with E-state index in [1.807, 2.05) is 0 Å². The molecule has 0 aliphatic carbocycles. The van der Waals surface area contributed by atoms with E-state index in [0.717, 1.165) is 6.07 Å². The van der Waals surface area contributed by atoms with Crippen LogP contribution in [0.1, 0.15) is 18.1 Å². The predicted molar refractivity (Wildman–Crippen MR) is 53.1 cm³/mol. The van der Waals surface area contributed by atoms with Crippen molar-refractivity contribution >= 4 is 5.97 Å². The van der Waals surface area contributed by atoms with Crippen LogP contribution in [0.4, 0.5) is 4.39 Å². The second-order valence-corrected chi connectivity index (χ2v) is 3.02. The molecule has 0 saturated heterocycles. The van der Waals surface area contributed by atoms with Gasteiger partial charge in [-0.2, -0.15) is 5.26 Å². The molecular weight excluding hydrogens is 213 g/mol. The van der Waals surface area contributed by atoms with Gasteiger partial charge in [-0.15, -0.1) is 0 Å². The zero-order valence-corrected chi connectivity index (χ0v) is 8.66. The van der Waals surface area contributed by atoms with Crippen LogP contribution < -0.4 is 0 Å². The van der Waals surface area contributed by atoms with Crippen LogP contribution in [0.2, 0.25) is 0 Å². The van der Waals surface area contributed by atoms with E-state index in [1.165, 1.54) is 12.1 Å². The second kappa shape index (κ2) is 5.12. The monoisotopic (exact) mass is 223 g/mol. The van der Waals surface area contributed by atoms with Gasteiger partial charge < -0.3 is 9.84 Å². The number of carbonyl (C=O) groups excluding carboxylic acids is 1. The number of halogens is 1. The first-order valence-corrected chi connectivity index (χ1v) is 4.66. The summed E-state index contributed by atoms with van der Waals surface area (Å²) in [4.78, 5) is 11.1. The summed E-state index contributed by atoms with van der Waals surface area (Å²) in [6.45, 7) is 1.88. The van der Waals surface area contributed by atoms with Crippen LogP contribution in [0.25, 0.3) is 0 Å². The molecule has 4 nitrogen and oxygen atoms in total. The number of phenols is 1. The smallest absolute Gasteiger partial charge is 0.310 e. The number of esters is 1. The number of hydrogen-bond acceptors (Lipinski definition) is 4. The molecule has 16 heavy (non-hydrogen) atoms. The van der Waals surface area contributed by atoms with E-state index in [0.29, 0.717) is 0 Å². The lowest BCUT2D eigenvalue weighted by Crippen LogP contribution is -2.08. The molecule has 1 aromatic rings. The first-order chi connectivity index (χ1) is 7.60. The van der Waals surface area contributed by atoms with E-state index >= 15 is 0 Å². The van der Waals surface area contributed by atoms with Crippen LogP contribution in [0.5, 0.6) is 5.75 Å².